The Labute approximate surface area is 148 Å². The molecule has 24 heavy (non-hydrogen) atoms. The lowest BCUT2D eigenvalue weighted by atomic mass is 10.0. The number of nitrogens with one attached hydrogen (secondary N) is 1. The molecule has 134 valence electrons. The third-order valence-electron chi connectivity index (χ3n) is 4.73. The Morgan fingerprint density at radius 3 is 2.79 bits per heavy atom. The first-order valence-electron chi connectivity index (χ1n) is 8.64. The first kappa shape index (κ1) is 19.2. The molecule has 0 spiro atoms. The molecule has 1 aliphatic rings. The number of aliphatic hydroxyl groups is 2. The number of likely N-dealkylation sites (tertiary alicyclic amines) is 1. The van der Waals surface area contributed by atoms with E-state index in [0.29, 0.717) is 5.02 Å². The Bertz CT molecular complexity index is 580. The van der Waals surface area contributed by atoms with Gasteiger partial charge in [-0.25, -0.2) is 0 Å². The largest absolute Gasteiger partial charge is 0.394 e. The topological polar surface area (TPSA) is 72.8 Å². The number of anilines is 1. The first-order chi connectivity index (χ1) is 11.5. The van der Waals surface area contributed by atoms with Gasteiger partial charge < -0.3 is 15.5 Å². The molecule has 1 saturated heterocycles. The van der Waals surface area contributed by atoms with E-state index in [1.807, 2.05) is 30.9 Å². The van der Waals surface area contributed by atoms with Crippen LogP contribution in [0, 0.1) is 0 Å². The van der Waals surface area contributed by atoms with E-state index in [1.54, 1.807) is 0 Å². The van der Waals surface area contributed by atoms with Crippen molar-refractivity contribution in [2.75, 3.05) is 25.0 Å². The fraction of sp³-hybridized carbons (Fsp3) is 0.611. The summed E-state index contributed by atoms with van der Waals surface area (Å²) in [4.78, 5) is 14.5. The van der Waals surface area contributed by atoms with Gasteiger partial charge in [-0.15, -0.1) is 0 Å². The van der Waals surface area contributed by atoms with Crippen molar-refractivity contribution < 1.29 is 15.0 Å². The number of aryl methyl sites for hydroxylation is 1. The highest BCUT2D eigenvalue weighted by molar-refractivity contribution is 6.32. The molecule has 1 fully saturated rings. The molecule has 0 bridgehead atoms. The number of hydrogen-bond acceptors (Lipinski definition) is 4. The standard InChI is InChI=1S/C18H27ClN2O3/c1-3-12-7-8-14(19)13(4-2)18(12)20-17(24)10-21-9-5-6-15(21)16(23)11-22/h7-8,15-16,22-23H,3-6,9-11H2,1-2H3,(H,20,24). The van der Waals surface area contributed by atoms with Crippen molar-refractivity contribution in [2.24, 2.45) is 0 Å². The van der Waals surface area contributed by atoms with Gasteiger partial charge in [0.15, 0.2) is 0 Å². The number of carbonyl (C=O) groups excluding carboxylic acids is 1. The molecule has 1 aromatic rings. The van der Waals surface area contributed by atoms with E-state index in [9.17, 15) is 9.90 Å². The number of hydrogen-bond donors (Lipinski definition) is 3. The smallest absolute Gasteiger partial charge is 0.238 e. The zero-order chi connectivity index (χ0) is 17.7. The summed E-state index contributed by atoms with van der Waals surface area (Å²) in [5.41, 5.74) is 2.84. The van der Waals surface area contributed by atoms with Gasteiger partial charge in [0.1, 0.15) is 0 Å². The first-order valence-corrected chi connectivity index (χ1v) is 9.02. The van der Waals surface area contributed by atoms with E-state index in [0.717, 1.165) is 49.0 Å². The molecule has 1 aliphatic heterocycles. The summed E-state index contributed by atoms with van der Waals surface area (Å²) >= 11 is 6.27. The quantitative estimate of drug-likeness (QED) is 0.702. The van der Waals surface area contributed by atoms with E-state index in [-0.39, 0.29) is 25.1 Å². The van der Waals surface area contributed by atoms with Gasteiger partial charge in [-0.3, -0.25) is 9.69 Å². The van der Waals surface area contributed by atoms with Crippen molar-refractivity contribution in [2.45, 2.75) is 51.7 Å². The fourth-order valence-electron chi connectivity index (χ4n) is 3.44. The summed E-state index contributed by atoms with van der Waals surface area (Å²) in [7, 11) is 0. The van der Waals surface area contributed by atoms with Gasteiger partial charge in [-0.2, -0.15) is 0 Å². The van der Waals surface area contributed by atoms with Gasteiger partial charge in [-0.05, 0) is 49.4 Å². The average Bonchev–Trinajstić information content (AvgIpc) is 3.02. The maximum Gasteiger partial charge on any atom is 0.238 e. The van der Waals surface area contributed by atoms with Crippen LogP contribution in [0.4, 0.5) is 5.69 Å². The van der Waals surface area contributed by atoms with Crippen LogP contribution in [0.2, 0.25) is 5.02 Å². The molecule has 5 nitrogen and oxygen atoms in total. The van der Waals surface area contributed by atoms with Crippen LogP contribution in [-0.2, 0) is 17.6 Å². The average molecular weight is 355 g/mol. The van der Waals surface area contributed by atoms with Crippen molar-refractivity contribution in [3.8, 4) is 0 Å². The van der Waals surface area contributed by atoms with Gasteiger partial charge in [0, 0.05) is 16.8 Å². The number of carbonyl (C=O) groups is 1. The summed E-state index contributed by atoms with van der Waals surface area (Å²) in [6.07, 6.45) is 2.48. The predicted octanol–water partition coefficient (Wildman–Crippen LogP) is 2.22. The fourth-order valence-corrected chi connectivity index (χ4v) is 3.73. The summed E-state index contributed by atoms with van der Waals surface area (Å²) < 4.78 is 0. The highest BCUT2D eigenvalue weighted by Crippen LogP contribution is 2.29. The molecule has 0 aromatic heterocycles. The van der Waals surface area contributed by atoms with Crippen LogP contribution in [0.3, 0.4) is 0 Å². The number of amides is 1. The van der Waals surface area contributed by atoms with E-state index in [1.165, 1.54) is 0 Å². The second-order valence-corrected chi connectivity index (χ2v) is 6.65. The van der Waals surface area contributed by atoms with Gasteiger partial charge in [-0.1, -0.05) is 31.5 Å². The molecule has 1 amide bonds. The molecule has 0 radical (unpaired) electrons. The van der Waals surface area contributed by atoms with Crippen molar-refractivity contribution in [3.05, 3.63) is 28.3 Å². The van der Waals surface area contributed by atoms with E-state index >= 15 is 0 Å². The molecule has 0 aliphatic carbocycles. The minimum Gasteiger partial charge on any atom is -0.394 e. The maximum atomic E-state index is 12.5. The van der Waals surface area contributed by atoms with Crippen LogP contribution < -0.4 is 5.32 Å². The van der Waals surface area contributed by atoms with E-state index in [2.05, 4.69) is 5.32 Å². The molecular formula is C18H27ClN2O3. The third kappa shape index (κ3) is 4.28. The van der Waals surface area contributed by atoms with Gasteiger partial charge >= 0.3 is 0 Å². The molecule has 2 atom stereocenters. The number of benzene rings is 1. The van der Waals surface area contributed by atoms with E-state index < -0.39 is 6.10 Å². The molecule has 6 heteroatoms. The second-order valence-electron chi connectivity index (χ2n) is 6.25. The summed E-state index contributed by atoms with van der Waals surface area (Å²) in [6.45, 7) is 4.75. The van der Waals surface area contributed by atoms with Crippen molar-refractivity contribution in [1.82, 2.24) is 4.90 Å². The Morgan fingerprint density at radius 1 is 1.42 bits per heavy atom. The molecule has 2 rings (SSSR count). The Morgan fingerprint density at radius 2 is 2.17 bits per heavy atom. The SMILES string of the molecule is CCc1ccc(Cl)c(CC)c1NC(=O)CN1CCCC1C(O)CO. The molecule has 2 unspecified atom stereocenters. The maximum absolute atomic E-state index is 12.5. The highest BCUT2D eigenvalue weighted by Gasteiger charge is 2.31. The van der Waals surface area contributed by atoms with Crippen LogP contribution >= 0.6 is 11.6 Å². The van der Waals surface area contributed by atoms with Crippen molar-refractivity contribution in [1.29, 1.82) is 0 Å². The summed E-state index contributed by atoms with van der Waals surface area (Å²) in [5.74, 6) is -0.112. The Balaban J connectivity index is 2.11. The van der Waals surface area contributed by atoms with Crippen molar-refractivity contribution >= 4 is 23.2 Å². The molecule has 1 heterocycles. The lowest BCUT2D eigenvalue weighted by Crippen LogP contribution is -2.44. The Hall–Kier alpha value is -1.14. The lowest BCUT2D eigenvalue weighted by Gasteiger charge is -2.27. The van der Waals surface area contributed by atoms with Crippen LogP contribution in [0.25, 0.3) is 0 Å². The van der Waals surface area contributed by atoms with Crippen LogP contribution in [-0.4, -0.2) is 52.9 Å². The summed E-state index contributed by atoms with van der Waals surface area (Å²) in [6, 6.07) is 3.67. The van der Waals surface area contributed by atoms with E-state index in [4.69, 9.17) is 16.7 Å². The predicted molar refractivity (Wildman–Crippen MR) is 96.5 cm³/mol. The van der Waals surface area contributed by atoms with Crippen molar-refractivity contribution in [3.63, 3.8) is 0 Å². The third-order valence-corrected chi connectivity index (χ3v) is 5.09. The van der Waals surface area contributed by atoms with Crippen LogP contribution in [0.15, 0.2) is 12.1 Å². The zero-order valence-electron chi connectivity index (χ0n) is 14.4. The molecular weight excluding hydrogens is 328 g/mol. The molecule has 3 N–H and O–H groups in total. The monoisotopic (exact) mass is 354 g/mol. The van der Waals surface area contributed by atoms with Crippen LogP contribution in [0.1, 0.15) is 37.8 Å². The van der Waals surface area contributed by atoms with Gasteiger partial charge in [0.25, 0.3) is 0 Å². The zero-order valence-corrected chi connectivity index (χ0v) is 15.1. The Kier molecular flexibility index (Phi) is 7.04. The molecule has 0 saturated carbocycles. The summed E-state index contributed by atoms with van der Waals surface area (Å²) in [5, 5.41) is 22.7. The minimum atomic E-state index is -0.802. The number of aliphatic hydroxyl groups excluding tert-OH is 2. The number of nitrogens with zero attached hydrogens (tertiary/aromatic N) is 1. The number of halogens is 1. The van der Waals surface area contributed by atoms with Gasteiger partial charge in [0.05, 0.1) is 19.3 Å². The minimum absolute atomic E-state index is 0.112. The lowest BCUT2D eigenvalue weighted by molar-refractivity contribution is -0.118. The highest BCUT2D eigenvalue weighted by atomic mass is 35.5. The molecule has 1 aromatic carbocycles. The second kappa shape index (κ2) is 8.81. The number of rotatable bonds is 7. The van der Waals surface area contributed by atoms with Gasteiger partial charge in [0.2, 0.25) is 5.91 Å². The van der Waals surface area contributed by atoms with Crippen LogP contribution in [0.5, 0.6) is 0 Å². The normalized spacial score (nSPS) is 19.5.